The van der Waals surface area contributed by atoms with Gasteiger partial charge in [0.1, 0.15) is 5.82 Å². The van der Waals surface area contributed by atoms with Crippen LogP contribution < -0.4 is 19.5 Å². The predicted molar refractivity (Wildman–Crippen MR) is 131 cm³/mol. The molecule has 2 N–H and O–H groups in total. The number of aryl methyl sites for hydroxylation is 2. The topological polar surface area (TPSA) is 112 Å². The van der Waals surface area contributed by atoms with Crippen LogP contribution in [0.15, 0.2) is 53.6 Å². The predicted octanol–water partition coefficient (Wildman–Crippen LogP) is 3.35. The van der Waals surface area contributed by atoms with E-state index in [2.05, 4.69) is 20.8 Å². The Hall–Kier alpha value is -3.37. The molecule has 0 aliphatic carbocycles. The number of carbonyl (C=O) groups is 1. The highest BCUT2D eigenvalue weighted by Crippen LogP contribution is 2.32. The van der Waals surface area contributed by atoms with Crippen molar-refractivity contribution in [1.29, 1.82) is 0 Å². The van der Waals surface area contributed by atoms with Crippen molar-refractivity contribution < 1.29 is 22.7 Å². The largest absolute Gasteiger partial charge is 0.490 e. The van der Waals surface area contributed by atoms with Crippen LogP contribution in [0.3, 0.4) is 0 Å². The number of hydrogen-bond acceptors (Lipinski definition) is 6. The molecule has 0 radical (unpaired) electrons. The zero-order valence-corrected chi connectivity index (χ0v) is 20.1. The number of rotatable bonds is 7. The minimum atomic E-state index is -3.79. The van der Waals surface area contributed by atoms with E-state index in [0.29, 0.717) is 30.4 Å². The Balaban J connectivity index is 1.17. The van der Waals surface area contributed by atoms with Gasteiger partial charge in [-0.15, -0.1) is 0 Å². The van der Waals surface area contributed by atoms with E-state index < -0.39 is 10.0 Å². The first kappa shape index (κ1) is 23.4. The third kappa shape index (κ3) is 5.49. The fourth-order valence-electron chi connectivity index (χ4n) is 4.22. The molecule has 0 unspecified atom stereocenters. The summed E-state index contributed by atoms with van der Waals surface area (Å²) in [6.45, 7) is 1.95. The van der Waals surface area contributed by atoms with E-state index in [-0.39, 0.29) is 23.8 Å². The second kappa shape index (κ2) is 10.1. The molecule has 0 atom stereocenters. The molecule has 35 heavy (non-hydrogen) atoms. The van der Waals surface area contributed by atoms with Crippen molar-refractivity contribution >= 4 is 21.6 Å². The first-order valence-corrected chi connectivity index (χ1v) is 13.3. The zero-order valence-electron chi connectivity index (χ0n) is 19.3. The molecule has 184 valence electrons. The maximum atomic E-state index is 12.7. The van der Waals surface area contributed by atoms with E-state index in [9.17, 15) is 13.2 Å². The molecule has 2 aliphatic rings. The summed E-state index contributed by atoms with van der Waals surface area (Å²) in [4.78, 5) is 17.3. The van der Waals surface area contributed by atoms with Crippen molar-refractivity contribution in [3.63, 3.8) is 0 Å². The number of aromatic nitrogens is 2. The molecular formula is C25H28N4O5S. The van der Waals surface area contributed by atoms with Gasteiger partial charge in [-0.2, -0.15) is 0 Å². The molecule has 0 bridgehead atoms. The van der Waals surface area contributed by atoms with E-state index in [0.717, 1.165) is 49.3 Å². The van der Waals surface area contributed by atoms with Crippen LogP contribution in [0, 0.1) is 0 Å². The summed E-state index contributed by atoms with van der Waals surface area (Å²) in [6, 6.07) is 12.0. The fraction of sp³-hybridized carbons (Fsp3) is 0.360. The lowest BCUT2D eigenvalue weighted by Crippen LogP contribution is -2.27. The van der Waals surface area contributed by atoms with E-state index in [4.69, 9.17) is 14.5 Å². The van der Waals surface area contributed by atoms with Gasteiger partial charge in [0.25, 0.3) is 0 Å². The number of ether oxygens (including phenoxy) is 2. The SMILES string of the molecule is O=C(CCNS(=O)(=O)c1ccc2c(c1)OCCCO2)Nc1cccc(-c2cn3c(n2)CCCC3)c1. The molecule has 1 aromatic heterocycles. The fourth-order valence-corrected chi connectivity index (χ4v) is 5.27. The summed E-state index contributed by atoms with van der Waals surface area (Å²) in [5, 5.41) is 2.84. The maximum absolute atomic E-state index is 12.7. The monoisotopic (exact) mass is 496 g/mol. The van der Waals surface area contributed by atoms with Crippen LogP contribution in [0.25, 0.3) is 11.3 Å². The Morgan fingerprint density at radius 1 is 1.03 bits per heavy atom. The highest BCUT2D eigenvalue weighted by Gasteiger charge is 2.19. The van der Waals surface area contributed by atoms with Crippen LogP contribution in [-0.2, 0) is 27.8 Å². The highest BCUT2D eigenvalue weighted by molar-refractivity contribution is 7.89. The molecule has 10 heteroatoms. The van der Waals surface area contributed by atoms with Crippen molar-refractivity contribution in [3.8, 4) is 22.8 Å². The maximum Gasteiger partial charge on any atom is 0.240 e. The molecule has 3 heterocycles. The zero-order chi connectivity index (χ0) is 24.3. The number of amides is 1. The van der Waals surface area contributed by atoms with Gasteiger partial charge in [0.05, 0.1) is 23.8 Å². The first-order chi connectivity index (χ1) is 17.0. The van der Waals surface area contributed by atoms with Crippen molar-refractivity contribution in [1.82, 2.24) is 14.3 Å². The molecule has 0 spiro atoms. The lowest BCUT2D eigenvalue weighted by atomic mass is 10.1. The summed E-state index contributed by atoms with van der Waals surface area (Å²) >= 11 is 0. The van der Waals surface area contributed by atoms with Crippen LogP contribution in [0.1, 0.15) is 31.5 Å². The molecule has 2 aromatic carbocycles. The molecule has 0 fully saturated rings. The van der Waals surface area contributed by atoms with Crippen LogP contribution >= 0.6 is 0 Å². The number of hydrogen-bond donors (Lipinski definition) is 2. The Kier molecular flexibility index (Phi) is 6.74. The lowest BCUT2D eigenvalue weighted by Gasteiger charge is -2.11. The van der Waals surface area contributed by atoms with Gasteiger partial charge >= 0.3 is 0 Å². The average Bonchev–Trinajstić information content (AvgIpc) is 3.15. The number of carbonyl (C=O) groups excluding carboxylic acids is 1. The van der Waals surface area contributed by atoms with Gasteiger partial charge in [0, 0.05) is 55.9 Å². The van der Waals surface area contributed by atoms with E-state index in [1.807, 2.05) is 18.2 Å². The summed E-state index contributed by atoms with van der Waals surface area (Å²) in [5.41, 5.74) is 2.46. The molecule has 0 saturated carbocycles. The molecule has 1 amide bonds. The third-order valence-electron chi connectivity index (χ3n) is 6.02. The number of sulfonamides is 1. The van der Waals surface area contributed by atoms with Crippen LogP contribution in [0.4, 0.5) is 5.69 Å². The number of nitrogens with one attached hydrogen (secondary N) is 2. The highest BCUT2D eigenvalue weighted by atomic mass is 32.2. The van der Waals surface area contributed by atoms with Crippen LogP contribution in [0.2, 0.25) is 0 Å². The summed E-state index contributed by atoms with van der Waals surface area (Å²) in [5.74, 6) is 1.74. The summed E-state index contributed by atoms with van der Waals surface area (Å²) in [7, 11) is -3.79. The molecular weight excluding hydrogens is 468 g/mol. The smallest absolute Gasteiger partial charge is 0.240 e. The number of imidazole rings is 1. The van der Waals surface area contributed by atoms with Crippen molar-refractivity contribution in [3.05, 3.63) is 54.5 Å². The van der Waals surface area contributed by atoms with Gasteiger partial charge in [-0.3, -0.25) is 4.79 Å². The quantitative estimate of drug-likeness (QED) is 0.519. The van der Waals surface area contributed by atoms with Gasteiger partial charge in [0.15, 0.2) is 11.5 Å². The van der Waals surface area contributed by atoms with Gasteiger partial charge in [0.2, 0.25) is 15.9 Å². The summed E-state index contributed by atoms with van der Waals surface area (Å²) in [6.07, 6.45) is 6.09. The molecule has 9 nitrogen and oxygen atoms in total. The van der Waals surface area contributed by atoms with Crippen molar-refractivity contribution in [2.24, 2.45) is 0 Å². The Labute approximate surface area is 204 Å². The van der Waals surface area contributed by atoms with Crippen molar-refractivity contribution in [2.75, 3.05) is 25.1 Å². The molecule has 2 aliphatic heterocycles. The Morgan fingerprint density at radius 3 is 2.74 bits per heavy atom. The minimum absolute atomic E-state index is 0.00716. The normalized spacial score (nSPS) is 15.2. The second-order valence-electron chi connectivity index (χ2n) is 8.63. The van der Waals surface area contributed by atoms with Crippen molar-refractivity contribution in [2.45, 2.75) is 43.5 Å². The number of anilines is 1. The molecule has 5 rings (SSSR count). The standard InChI is InChI=1S/C25H28N4O5S/c30-25(10-11-26-35(31,32)20-8-9-22-23(16-20)34-14-4-13-33-22)27-19-6-3-5-18(15-19)21-17-29-12-2-1-7-24(29)28-21/h3,5-6,8-9,15-17,26H,1-2,4,7,10-14H2,(H,27,30). The third-order valence-corrected chi connectivity index (χ3v) is 7.48. The van der Waals surface area contributed by atoms with E-state index in [1.165, 1.54) is 12.1 Å². The molecule has 0 saturated heterocycles. The van der Waals surface area contributed by atoms with E-state index in [1.54, 1.807) is 12.1 Å². The lowest BCUT2D eigenvalue weighted by molar-refractivity contribution is -0.116. The van der Waals surface area contributed by atoms with E-state index >= 15 is 0 Å². The Bertz CT molecular complexity index is 1310. The average molecular weight is 497 g/mol. The molecule has 3 aromatic rings. The number of benzene rings is 2. The first-order valence-electron chi connectivity index (χ1n) is 11.8. The summed E-state index contributed by atoms with van der Waals surface area (Å²) < 4.78 is 41.2. The van der Waals surface area contributed by atoms with Crippen LogP contribution in [0.5, 0.6) is 11.5 Å². The van der Waals surface area contributed by atoms with Gasteiger partial charge in [-0.25, -0.2) is 18.1 Å². The van der Waals surface area contributed by atoms with Gasteiger partial charge in [-0.1, -0.05) is 12.1 Å². The van der Waals surface area contributed by atoms with Gasteiger partial charge in [-0.05, 0) is 37.1 Å². The minimum Gasteiger partial charge on any atom is -0.490 e. The number of fused-ring (bicyclic) bond motifs is 2. The van der Waals surface area contributed by atoms with Gasteiger partial charge < -0.3 is 19.4 Å². The second-order valence-corrected chi connectivity index (χ2v) is 10.4. The van der Waals surface area contributed by atoms with Crippen LogP contribution in [-0.4, -0.2) is 43.6 Å². The Morgan fingerprint density at radius 2 is 1.89 bits per heavy atom. The number of nitrogens with zero attached hydrogens (tertiary/aromatic N) is 2.